The number of hydrogen-bond donors (Lipinski definition) is 1. The van der Waals surface area contributed by atoms with E-state index in [1.807, 2.05) is 0 Å². The minimum Gasteiger partial charge on any atom is -0.367 e. The van der Waals surface area contributed by atoms with E-state index >= 15 is 0 Å². The van der Waals surface area contributed by atoms with Gasteiger partial charge in [0.15, 0.2) is 0 Å². The van der Waals surface area contributed by atoms with Crippen LogP contribution in [0, 0.1) is 0 Å². The van der Waals surface area contributed by atoms with Gasteiger partial charge in [-0.15, -0.1) is 0 Å². The molecule has 0 unspecified atom stereocenters. The molecule has 1 N–H and O–H groups in total. The lowest BCUT2D eigenvalue weighted by Gasteiger charge is -2.23. The van der Waals surface area contributed by atoms with E-state index in [1.54, 1.807) is 0 Å². The highest BCUT2D eigenvalue weighted by Gasteiger charge is 2.04. The zero-order valence-corrected chi connectivity index (χ0v) is 17.2. The SMILES string of the molecule is C=CC(=O)ONCCCCCCCCCCCCCCC[N+](C)(C)C. The minimum absolute atomic E-state index is 0.413. The lowest BCUT2D eigenvalue weighted by molar-refractivity contribution is -0.870. The van der Waals surface area contributed by atoms with Crippen LogP contribution in [0.4, 0.5) is 0 Å². The van der Waals surface area contributed by atoms with Crippen LogP contribution in [0.3, 0.4) is 0 Å². The van der Waals surface area contributed by atoms with E-state index in [2.05, 4.69) is 33.2 Å². The molecule has 0 rings (SSSR count). The second-order valence-corrected chi connectivity index (χ2v) is 8.13. The molecule has 0 fully saturated rings. The van der Waals surface area contributed by atoms with Crippen molar-refractivity contribution in [2.45, 2.75) is 83.5 Å². The molecular formula is C21H43N2O2+. The molecule has 0 spiro atoms. The highest BCUT2D eigenvalue weighted by molar-refractivity contribution is 5.80. The number of nitrogens with zero attached hydrogens (tertiary/aromatic N) is 1. The Kier molecular flexibility index (Phi) is 16.0. The topological polar surface area (TPSA) is 38.3 Å². The van der Waals surface area contributed by atoms with E-state index in [0.717, 1.165) is 17.4 Å². The fourth-order valence-corrected chi connectivity index (χ4v) is 2.89. The Morgan fingerprint density at radius 1 is 0.800 bits per heavy atom. The van der Waals surface area contributed by atoms with Gasteiger partial charge in [-0.05, 0) is 19.3 Å². The van der Waals surface area contributed by atoms with E-state index in [0.29, 0.717) is 0 Å². The van der Waals surface area contributed by atoms with Crippen molar-refractivity contribution < 1.29 is 14.1 Å². The molecule has 0 saturated carbocycles. The fourth-order valence-electron chi connectivity index (χ4n) is 2.89. The van der Waals surface area contributed by atoms with E-state index in [9.17, 15) is 4.79 Å². The van der Waals surface area contributed by atoms with Crippen LogP contribution in [0.2, 0.25) is 0 Å². The summed E-state index contributed by atoms with van der Waals surface area (Å²) in [4.78, 5) is 15.5. The van der Waals surface area contributed by atoms with Gasteiger partial charge in [0.25, 0.3) is 0 Å². The lowest BCUT2D eigenvalue weighted by Crippen LogP contribution is -2.35. The minimum atomic E-state index is -0.413. The van der Waals surface area contributed by atoms with E-state index < -0.39 is 5.97 Å². The second kappa shape index (κ2) is 16.6. The summed E-state index contributed by atoms with van der Waals surface area (Å²) in [6.07, 6.45) is 18.6. The summed E-state index contributed by atoms with van der Waals surface area (Å²) in [5.74, 6) is -0.413. The molecule has 0 saturated heterocycles. The molecule has 4 nitrogen and oxygen atoms in total. The van der Waals surface area contributed by atoms with Crippen LogP contribution < -0.4 is 5.48 Å². The van der Waals surface area contributed by atoms with Crippen molar-refractivity contribution in [2.24, 2.45) is 0 Å². The zero-order chi connectivity index (χ0) is 18.8. The molecule has 148 valence electrons. The van der Waals surface area contributed by atoms with Gasteiger partial charge in [0.2, 0.25) is 0 Å². The predicted molar refractivity (Wildman–Crippen MR) is 107 cm³/mol. The average molecular weight is 356 g/mol. The maximum absolute atomic E-state index is 10.8. The normalized spacial score (nSPS) is 11.5. The fraction of sp³-hybridized carbons (Fsp3) is 0.857. The number of quaternary nitrogens is 1. The molecule has 0 bridgehead atoms. The summed E-state index contributed by atoms with van der Waals surface area (Å²) in [5, 5.41) is 0. The molecule has 4 heteroatoms. The first-order valence-electron chi connectivity index (χ1n) is 10.3. The van der Waals surface area contributed by atoms with E-state index in [-0.39, 0.29) is 0 Å². The number of nitrogens with one attached hydrogen (secondary N) is 1. The number of hydroxylamine groups is 1. The maximum Gasteiger partial charge on any atom is 0.348 e. The van der Waals surface area contributed by atoms with Crippen LogP contribution in [-0.2, 0) is 9.63 Å². The summed E-state index contributed by atoms with van der Waals surface area (Å²) in [5.41, 5.74) is 2.67. The van der Waals surface area contributed by atoms with Crippen LogP contribution in [0.25, 0.3) is 0 Å². The standard InChI is InChI=1S/C21H43N2O2/c1-5-21(24)25-22-19-17-15-13-11-9-7-6-8-10-12-14-16-18-20-23(2,3)4/h5,22H,1,6-20H2,2-4H3/q+1. The van der Waals surface area contributed by atoms with Crippen molar-refractivity contribution in [2.75, 3.05) is 34.2 Å². The predicted octanol–water partition coefficient (Wildman–Crippen LogP) is 5.00. The number of rotatable bonds is 18. The lowest BCUT2D eigenvalue weighted by atomic mass is 10.0. The number of unbranched alkanes of at least 4 members (excludes halogenated alkanes) is 12. The third-order valence-electron chi connectivity index (χ3n) is 4.45. The Labute approximate surface area is 156 Å². The van der Waals surface area contributed by atoms with Gasteiger partial charge < -0.3 is 9.32 Å². The van der Waals surface area contributed by atoms with Crippen molar-refractivity contribution in [1.82, 2.24) is 5.48 Å². The Hall–Kier alpha value is -0.870. The van der Waals surface area contributed by atoms with Gasteiger partial charge >= 0.3 is 5.97 Å². The van der Waals surface area contributed by atoms with Crippen molar-refractivity contribution in [1.29, 1.82) is 0 Å². The Morgan fingerprint density at radius 3 is 1.60 bits per heavy atom. The summed E-state index contributed by atoms with van der Waals surface area (Å²) < 4.78 is 1.10. The molecule has 0 aromatic rings. The molecule has 0 heterocycles. The van der Waals surface area contributed by atoms with Crippen molar-refractivity contribution in [3.8, 4) is 0 Å². The van der Waals surface area contributed by atoms with Crippen molar-refractivity contribution in [3.63, 3.8) is 0 Å². The number of hydrogen-bond acceptors (Lipinski definition) is 3. The summed E-state index contributed by atoms with van der Waals surface area (Å²) in [7, 11) is 6.83. The molecule has 0 aliphatic rings. The molecule has 0 aliphatic heterocycles. The van der Waals surface area contributed by atoms with Crippen molar-refractivity contribution >= 4 is 5.97 Å². The summed E-state index contributed by atoms with van der Waals surface area (Å²) in [6, 6.07) is 0. The monoisotopic (exact) mass is 355 g/mol. The van der Waals surface area contributed by atoms with Crippen LogP contribution >= 0.6 is 0 Å². The van der Waals surface area contributed by atoms with Crippen LogP contribution in [-0.4, -0.2) is 44.7 Å². The van der Waals surface area contributed by atoms with Gasteiger partial charge in [-0.1, -0.05) is 70.8 Å². The number of carbonyl (C=O) groups excluding carboxylic acids is 1. The zero-order valence-electron chi connectivity index (χ0n) is 17.2. The first kappa shape index (κ1) is 24.1. The maximum atomic E-state index is 10.8. The molecular weight excluding hydrogens is 312 g/mol. The van der Waals surface area contributed by atoms with Crippen LogP contribution in [0.5, 0.6) is 0 Å². The Balaban J connectivity index is 3.07. The third kappa shape index (κ3) is 21.1. The van der Waals surface area contributed by atoms with Gasteiger partial charge in [-0.25, -0.2) is 4.79 Å². The first-order valence-corrected chi connectivity index (χ1v) is 10.3. The van der Waals surface area contributed by atoms with E-state index in [1.165, 1.54) is 89.7 Å². The Bertz CT molecular complexity index is 324. The Morgan fingerprint density at radius 2 is 1.20 bits per heavy atom. The van der Waals surface area contributed by atoms with Crippen molar-refractivity contribution in [3.05, 3.63) is 12.7 Å². The number of carbonyl (C=O) groups is 1. The molecule has 0 radical (unpaired) electrons. The molecule has 0 aromatic carbocycles. The smallest absolute Gasteiger partial charge is 0.348 e. The quantitative estimate of drug-likeness (QED) is 0.163. The molecule has 0 amide bonds. The second-order valence-electron chi connectivity index (χ2n) is 8.13. The molecule has 0 aliphatic carbocycles. The first-order chi connectivity index (χ1) is 12.0. The highest BCUT2D eigenvalue weighted by Crippen LogP contribution is 2.12. The average Bonchev–Trinajstić information content (AvgIpc) is 2.56. The van der Waals surface area contributed by atoms with Gasteiger partial charge in [0.1, 0.15) is 0 Å². The van der Waals surface area contributed by atoms with Gasteiger partial charge in [0, 0.05) is 12.6 Å². The van der Waals surface area contributed by atoms with Crippen LogP contribution in [0.15, 0.2) is 12.7 Å². The molecule has 0 aromatic heterocycles. The molecule has 0 atom stereocenters. The van der Waals surface area contributed by atoms with Gasteiger partial charge in [0.05, 0.1) is 27.7 Å². The van der Waals surface area contributed by atoms with E-state index in [4.69, 9.17) is 4.84 Å². The van der Waals surface area contributed by atoms with Gasteiger partial charge in [-0.3, -0.25) is 0 Å². The third-order valence-corrected chi connectivity index (χ3v) is 4.45. The summed E-state index contributed by atoms with van der Waals surface area (Å²) >= 11 is 0. The summed E-state index contributed by atoms with van der Waals surface area (Å²) in [6.45, 7) is 5.38. The van der Waals surface area contributed by atoms with Crippen LogP contribution in [0.1, 0.15) is 83.5 Å². The molecule has 25 heavy (non-hydrogen) atoms. The van der Waals surface area contributed by atoms with Gasteiger partial charge in [-0.2, -0.15) is 5.48 Å². The largest absolute Gasteiger partial charge is 0.367 e. The highest BCUT2D eigenvalue weighted by atomic mass is 16.7.